The Bertz CT molecular complexity index is 464. The number of ether oxygens (including phenoxy) is 3. The quantitative estimate of drug-likeness (QED) is 0.570. The molecule has 0 aliphatic heterocycles. The number of hydrogen-bond acceptors (Lipinski definition) is 3. The van der Waals surface area contributed by atoms with E-state index < -0.39 is 0 Å². The molecule has 1 aliphatic rings. The lowest BCUT2D eigenvalue weighted by molar-refractivity contribution is 0.321. The second kappa shape index (κ2) is 9.69. The summed E-state index contributed by atoms with van der Waals surface area (Å²) in [4.78, 5) is 0. The van der Waals surface area contributed by atoms with Gasteiger partial charge in [0.25, 0.3) is 0 Å². The fraction of sp³-hybridized carbons (Fsp3) is 0.700. The second-order valence-electron chi connectivity index (χ2n) is 6.60. The lowest BCUT2D eigenvalue weighted by Crippen LogP contribution is -2.05. The van der Waals surface area contributed by atoms with Gasteiger partial charge in [-0.15, -0.1) is 0 Å². The van der Waals surface area contributed by atoms with Crippen molar-refractivity contribution in [1.82, 2.24) is 0 Å². The first-order chi connectivity index (χ1) is 11.3. The number of methoxy groups -OCH3 is 3. The summed E-state index contributed by atoms with van der Waals surface area (Å²) in [7, 11) is 5.01. The van der Waals surface area contributed by atoms with Gasteiger partial charge in [-0.25, -0.2) is 0 Å². The minimum absolute atomic E-state index is 0.703. The summed E-state index contributed by atoms with van der Waals surface area (Å²) in [6.07, 6.45) is 13.6. The van der Waals surface area contributed by atoms with Crippen LogP contribution >= 0.6 is 0 Å². The van der Waals surface area contributed by atoms with E-state index in [4.69, 9.17) is 14.2 Å². The highest BCUT2D eigenvalue weighted by Crippen LogP contribution is 2.40. The van der Waals surface area contributed by atoms with Gasteiger partial charge in [-0.2, -0.15) is 0 Å². The van der Waals surface area contributed by atoms with Gasteiger partial charge in [-0.1, -0.05) is 57.4 Å². The average Bonchev–Trinajstić information content (AvgIpc) is 2.61. The lowest BCUT2D eigenvalue weighted by atomic mass is 9.85. The van der Waals surface area contributed by atoms with Gasteiger partial charge in [0, 0.05) is 0 Å². The van der Waals surface area contributed by atoms with E-state index in [1.807, 2.05) is 6.07 Å². The van der Waals surface area contributed by atoms with E-state index in [-0.39, 0.29) is 0 Å². The minimum Gasteiger partial charge on any atom is -0.493 e. The zero-order valence-corrected chi connectivity index (χ0v) is 15.0. The van der Waals surface area contributed by atoms with Gasteiger partial charge in [-0.3, -0.25) is 0 Å². The van der Waals surface area contributed by atoms with Crippen molar-refractivity contribution >= 4 is 0 Å². The smallest absolute Gasteiger partial charge is 0.203 e. The Morgan fingerprint density at radius 1 is 0.826 bits per heavy atom. The third kappa shape index (κ3) is 5.05. The Labute approximate surface area is 141 Å². The predicted octanol–water partition coefficient (Wildman–Crippen LogP) is 5.40. The molecule has 0 heterocycles. The van der Waals surface area contributed by atoms with Crippen LogP contribution < -0.4 is 14.2 Å². The number of unbranched alkanes of at least 4 members (excludes halogenated alkanes) is 2. The normalized spacial score (nSPS) is 15.4. The molecule has 0 saturated heterocycles. The SMILES string of the molecule is COc1ccc(CCCCCC2CCCCC2)c(OC)c1OC. The molecule has 1 aromatic rings. The molecule has 0 atom stereocenters. The van der Waals surface area contributed by atoms with Crippen LogP contribution in [0.1, 0.15) is 63.4 Å². The van der Waals surface area contributed by atoms with Crippen LogP contribution in [0.2, 0.25) is 0 Å². The van der Waals surface area contributed by atoms with E-state index >= 15 is 0 Å². The molecule has 0 spiro atoms. The van der Waals surface area contributed by atoms with E-state index in [2.05, 4.69) is 6.07 Å². The van der Waals surface area contributed by atoms with Crippen LogP contribution in [0.4, 0.5) is 0 Å². The molecule has 0 bridgehead atoms. The Hall–Kier alpha value is -1.38. The molecule has 2 rings (SSSR count). The van der Waals surface area contributed by atoms with Crippen molar-refractivity contribution in [2.45, 2.75) is 64.2 Å². The molecular weight excluding hydrogens is 288 g/mol. The summed E-state index contributed by atoms with van der Waals surface area (Å²) >= 11 is 0. The first kappa shape index (κ1) is 18.0. The van der Waals surface area contributed by atoms with E-state index in [1.54, 1.807) is 21.3 Å². The van der Waals surface area contributed by atoms with Gasteiger partial charge in [0.15, 0.2) is 11.5 Å². The summed E-state index contributed by atoms with van der Waals surface area (Å²) in [6, 6.07) is 4.07. The molecule has 0 unspecified atom stereocenters. The Morgan fingerprint density at radius 2 is 1.57 bits per heavy atom. The van der Waals surface area contributed by atoms with Gasteiger partial charge in [0.05, 0.1) is 21.3 Å². The number of rotatable bonds is 9. The lowest BCUT2D eigenvalue weighted by Gasteiger charge is -2.21. The maximum Gasteiger partial charge on any atom is 0.203 e. The predicted molar refractivity (Wildman–Crippen MR) is 94.8 cm³/mol. The number of hydrogen-bond donors (Lipinski definition) is 0. The summed E-state index contributed by atoms with van der Waals surface area (Å²) in [5.74, 6) is 3.25. The van der Waals surface area contributed by atoms with Gasteiger partial charge in [0.2, 0.25) is 5.75 Å². The molecule has 3 nitrogen and oxygen atoms in total. The molecule has 1 fully saturated rings. The highest BCUT2D eigenvalue weighted by Gasteiger charge is 2.16. The summed E-state index contributed by atoms with van der Waals surface area (Å²) in [5, 5.41) is 0. The topological polar surface area (TPSA) is 27.7 Å². The third-order valence-electron chi connectivity index (χ3n) is 5.07. The van der Waals surface area contributed by atoms with E-state index in [9.17, 15) is 0 Å². The number of benzene rings is 1. The fourth-order valence-corrected chi connectivity index (χ4v) is 3.76. The highest BCUT2D eigenvalue weighted by atomic mass is 16.5. The van der Waals surface area contributed by atoms with Crippen LogP contribution in [0.5, 0.6) is 17.2 Å². The molecule has 130 valence electrons. The van der Waals surface area contributed by atoms with Crippen molar-refractivity contribution < 1.29 is 14.2 Å². The van der Waals surface area contributed by atoms with Crippen molar-refractivity contribution in [3.05, 3.63) is 17.7 Å². The second-order valence-corrected chi connectivity index (χ2v) is 6.60. The van der Waals surface area contributed by atoms with E-state index in [0.29, 0.717) is 5.75 Å². The van der Waals surface area contributed by atoms with Crippen LogP contribution in [0.25, 0.3) is 0 Å². The molecule has 0 N–H and O–H groups in total. The molecule has 0 amide bonds. The molecular formula is C20H32O3. The van der Waals surface area contributed by atoms with Crippen LogP contribution in [0.3, 0.4) is 0 Å². The third-order valence-corrected chi connectivity index (χ3v) is 5.07. The summed E-state index contributed by atoms with van der Waals surface area (Å²) < 4.78 is 16.4. The highest BCUT2D eigenvalue weighted by molar-refractivity contribution is 5.55. The Morgan fingerprint density at radius 3 is 2.22 bits per heavy atom. The van der Waals surface area contributed by atoms with Crippen molar-refractivity contribution in [2.24, 2.45) is 5.92 Å². The van der Waals surface area contributed by atoms with Gasteiger partial charge >= 0.3 is 0 Å². The van der Waals surface area contributed by atoms with Crippen molar-refractivity contribution in [3.63, 3.8) is 0 Å². The molecule has 0 aromatic heterocycles. The van der Waals surface area contributed by atoms with Gasteiger partial charge < -0.3 is 14.2 Å². The first-order valence-corrected chi connectivity index (χ1v) is 9.08. The zero-order chi connectivity index (χ0) is 16.5. The molecule has 3 heteroatoms. The van der Waals surface area contributed by atoms with Gasteiger partial charge in [-0.05, 0) is 30.4 Å². The van der Waals surface area contributed by atoms with Gasteiger partial charge in [0.1, 0.15) is 0 Å². The average molecular weight is 320 g/mol. The maximum absolute atomic E-state index is 5.56. The van der Waals surface area contributed by atoms with Crippen LogP contribution in [0.15, 0.2) is 12.1 Å². The van der Waals surface area contributed by atoms with E-state index in [1.165, 1.54) is 63.4 Å². The monoisotopic (exact) mass is 320 g/mol. The van der Waals surface area contributed by atoms with Crippen molar-refractivity contribution in [2.75, 3.05) is 21.3 Å². The minimum atomic E-state index is 0.703. The fourth-order valence-electron chi connectivity index (χ4n) is 3.76. The summed E-state index contributed by atoms with van der Waals surface area (Å²) in [6.45, 7) is 0. The summed E-state index contributed by atoms with van der Waals surface area (Å²) in [5.41, 5.74) is 1.21. The van der Waals surface area contributed by atoms with Crippen molar-refractivity contribution in [3.8, 4) is 17.2 Å². The zero-order valence-electron chi connectivity index (χ0n) is 15.0. The Kier molecular flexibility index (Phi) is 7.57. The van der Waals surface area contributed by atoms with Crippen LogP contribution in [-0.4, -0.2) is 21.3 Å². The van der Waals surface area contributed by atoms with E-state index in [0.717, 1.165) is 23.8 Å². The molecule has 23 heavy (non-hydrogen) atoms. The maximum atomic E-state index is 5.56. The van der Waals surface area contributed by atoms with Crippen LogP contribution in [0, 0.1) is 5.92 Å². The largest absolute Gasteiger partial charge is 0.493 e. The van der Waals surface area contributed by atoms with Crippen LogP contribution in [-0.2, 0) is 6.42 Å². The van der Waals surface area contributed by atoms with Crippen molar-refractivity contribution in [1.29, 1.82) is 0 Å². The molecule has 0 radical (unpaired) electrons. The Balaban J connectivity index is 1.80. The molecule has 1 aliphatic carbocycles. The standard InChI is InChI=1S/C20H32O3/c1-21-18-15-14-17(19(22-2)20(18)23-3)13-9-5-8-12-16-10-6-4-7-11-16/h14-16H,4-13H2,1-3H3. The first-order valence-electron chi connectivity index (χ1n) is 9.08. The molecule has 1 aromatic carbocycles. The number of aryl methyl sites for hydroxylation is 1. The molecule has 1 saturated carbocycles.